The van der Waals surface area contributed by atoms with Crippen LogP contribution in [0.1, 0.15) is 23.8 Å². The molecule has 1 aliphatic rings. The molecule has 8 nitrogen and oxygen atoms in total. The molecule has 0 saturated heterocycles. The van der Waals surface area contributed by atoms with E-state index < -0.39 is 0 Å². The molecule has 0 fully saturated rings. The first-order valence-electron chi connectivity index (χ1n) is 9.48. The number of likely N-dealkylation sites (N-methyl/N-ethyl adjacent to an activating group) is 2. The second kappa shape index (κ2) is 8.91. The number of ether oxygens (including phenoxy) is 1. The number of furan rings is 1. The van der Waals surface area contributed by atoms with E-state index in [1.54, 1.807) is 33.5 Å². The van der Waals surface area contributed by atoms with Gasteiger partial charge in [0.1, 0.15) is 17.6 Å². The van der Waals surface area contributed by atoms with Crippen molar-refractivity contribution >= 4 is 17.5 Å². The minimum absolute atomic E-state index is 0.0262. The molecule has 0 radical (unpaired) electrons. The van der Waals surface area contributed by atoms with Crippen molar-refractivity contribution in [1.82, 2.24) is 9.91 Å². The number of nitrogens with zero attached hydrogens (tertiary/aromatic N) is 3. The van der Waals surface area contributed by atoms with Gasteiger partial charge in [0.05, 0.1) is 26.1 Å². The number of carbonyl (C=O) groups is 2. The van der Waals surface area contributed by atoms with E-state index in [9.17, 15) is 9.59 Å². The molecule has 29 heavy (non-hydrogen) atoms. The third kappa shape index (κ3) is 4.83. The van der Waals surface area contributed by atoms with Gasteiger partial charge in [-0.25, -0.2) is 5.01 Å². The number of methoxy groups -OCH3 is 1. The highest BCUT2D eigenvalue weighted by Gasteiger charge is 2.36. The predicted molar refractivity (Wildman–Crippen MR) is 108 cm³/mol. The van der Waals surface area contributed by atoms with Crippen LogP contribution >= 0.6 is 0 Å². The van der Waals surface area contributed by atoms with Crippen molar-refractivity contribution in [1.29, 1.82) is 0 Å². The Kier molecular flexibility index (Phi) is 6.33. The number of hydrazone groups is 1. The molecule has 8 heteroatoms. The fraction of sp³-hybridized carbons (Fsp3) is 0.381. The molecule has 2 aromatic rings. The maximum atomic E-state index is 13.0. The van der Waals surface area contributed by atoms with E-state index in [0.717, 1.165) is 21.9 Å². The highest BCUT2D eigenvalue weighted by Crippen LogP contribution is 2.33. The van der Waals surface area contributed by atoms with Crippen LogP contribution in [0.2, 0.25) is 0 Å². The van der Waals surface area contributed by atoms with Crippen LogP contribution in [0.15, 0.2) is 52.2 Å². The van der Waals surface area contributed by atoms with Gasteiger partial charge in [-0.05, 0) is 42.0 Å². The Labute approximate surface area is 170 Å². The lowest BCUT2D eigenvalue weighted by molar-refractivity contribution is -0.863. The van der Waals surface area contributed by atoms with Crippen LogP contribution in [0.3, 0.4) is 0 Å². The first-order chi connectivity index (χ1) is 13.9. The predicted octanol–water partition coefficient (Wildman–Crippen LogP) is 0.569. The van der Waals surface area contributed by atoms with Crippen molar-refractivity contribution in [2.75, 3.05) is 41.3 Å². The lowest BCUT2D eigenvalue weighted by Crippen LogP contribution is -3.11. The van der Waals surface area contributed by atoms with Gasteiger partial charge < -0.3 is 19.0 Å². The molecule has 1 unspecified atom stereocenters. The van der Waals surface area contributed by atoms with Gasteiger partial charge in [-0.15, -0.1) is 0 Å². The smallest absolute Gasteiger partial charge is 0.298 e. The second-order valence-corrected chi connectivity index (χ2v) is 7.35. The largest absolute Gasteiger partial charge is 0.497 e. The number of carbonyl (C=O) groups excluding carboxylic acids is 2. The zero-order chi connectivity index (χ0) is 21.0. The van der Waals surface area contributed by atoms with Gasteiger partial charge in [0.2, 0.25) is 0 Å². The summed E-state index contributed by atoms with van der Waals surface area (Å²) in [4.78, 5) is 27.3. The minimum atomic E-state index is -0.299. The quantitative estimate of drug-likeness (QED) is 0.738. The van der Waals surface area contributed by atoms with Gasteiger partial charge in [-0.3, -0.25) is 9.59 Å². The molecule has 0 saturated carbocycles. The van der Waals surface area contributed by atoms with E-state index in [0.29, 0.717) is 12.2 Å². The van der Waals surface area contributed by atoms with Gasteiger partial charge in [-0.1, -0.05) is 0 Å². The van der Waals surface area contributed by atoms with E-state index in [-0.39, 0.29) is 30.9 Å². The maximum absolute atomic E-state index is 13.0. The molecule has 154 valence electrons. The summed E-state index contributed by atoms with van der Waals surface area (Å²) < 4.78 is 10.8. The van der Waals surface area contributed by atoms with E-state index >= 15 is 0 Å². The van der Waals surface area contributed by atoms with Crippen LogP contribution in [-0.4, -0.2) is 68.8 Å². The summed E-state index contributed by atoms with van der Waals surface area (Å²) in [6.45, 7) is 0.406. The van der Waals surface area contributed by atoms with E-state index in [4.69, 9.17) is 9.15 Å². The maximum Gasteiger partial charge on any atom is 0.298 e. The van der Waals surface area contributed by atoms with Gasteiger partial charge in [0, 0.05) is 20.5 Å². The van der Waals surface area contributed by atoms with Crippen LogP contribution < -0.4 is 9.64 Å². The standard InChI is InChI=1S/C21H26N4O4/c1-23(2)20(26)13-24(3)14-21(27)25-18(19-6-5-11-29-19)12-17(22-25)15-7-9-16(28-4)10-8-15/h5-11,18H,12-14H2,1-4H3/p+1/t18-/m1/s1. The molecule has 0 aliphatic carbocycles. The average molecular weight is 399 g/mol. The van der Waals surface area contributed by atoms with Crippen LogP contribution in [0.25, 0.3) is 0 Å². The average Bonchev–Trinajstić information content (AvgIpc) is 3.37. The Bertz CT molecular complexity index is 875. The number of hydrogen-bond donors (Lipinski definition) is 1. The van der Waals surface area contributed by atoms with Crippen LogP contribution in [-0.2, 0) is 9.59 Å². The summed E-state index contributed by atoms with van der Waals surface area (Å²) in [5.74, 6) is 1.27. The molecule has 1 N–H and O–H groups in total. The van der Waals surface area contributed by atoms with E-state index in [2.05, 4.69) is 5.10 Å². The van der Waals surface area contributed by atoms with E-state index in [1.807, 2.05) is 37.4 Å². The summed E-state index contributed by atoms with van der Waals surface area (Å²) in [6.07, 6.45) is 2.15. The summed E-state index contributed by atoms with van der Waals surface area (Å²) in [5, 5.41) is 6.10. The molecule has 2 amide bonds. The Hall–Kier alpha value is -3.13. The topological polar surface area (TPSA) is 79.8 Å². The normalized spacial score (nSPS) is 17.0. The molecular formula is C21H27N4O4+. The molecule has 1 aliphatic heterocycles. The zero-order valence-electron chi connectivity index (χ0n) is 17.2. The zero-order valence-corrected chi connectivity index (χ0v) is 17.2. The van der Waals surface area contributed by atoms with Crippen LogP contribution in [0.5, 0.6) is 5.75 Å². The molecule has 0 spiro atoms. The SMILES string of the molecule is COc1ccc(C2=NN(C(=O)C[NH+](C)CC(=O)N(C)C)[C@@H](c3ccco3)C2)cc1. The number of amides is 2. The lowest BCUT2D eigenvalue weighted by Gasteiger charge is -2.22. The monoisotopic (exact) mass is 399 g/mol. The highest BCUT2D eigenvalue weighted by atomic mass is 16.5. The van der Waals surface area contributed by atoms with Crippen LogP contribution in [0.4, 0.5) is 0 Å². The van der Waals surface area contributed by atoms with Crippen molar-refractivity contribution in [3.8, 4) is 5.75 Å². The van der Waals surface area contributed by atoms with Crippen molar-refractivity contribution < 1.29 is 23.6 Å². The first-order valence-corrected chi connectivity index (χ1v) is 9.48. The molecular weight excluding hydrogens is 372 g/mol. The Morgan fingerprint density at radius 1 is 1.24 bits per heavy atom. The number of benzene rings is 1. The molecule has 1 aromatic carbocycles. The van der Waals surface area contributed by atoms with Crippen molar-refractivity contribution in [2.45, 2.75) is 12.5 Å². The highest BCUT2D eigenvalue weighted by molar-refractivity contribution is 6.03. The van der Waals surface area contributed by atoms with Crippen LogP contribution in [0, 0.1) is 0 Å². The molecule has 2 atom stereocenters. The van der Waals surface area contributed by atoms with Crippen molar-refractivity contribution in [2.24, 2.45) is 5.10 Å². The van der Waals surface area contributed by atoms with Gasteiger partial charge in [0.15, 0.2) is 13.1 Å². The summed E-state index contributed by atoms with van der Waals surface area (Å²) >= 11 is 0. The third-order valence-corrected chi connectivity index (χ3v) is 4.87. The molecule has 1 aromatic heterocycles. The van der Waals surface area contributed by atoms with Gasteiger partial charge in [-0.2, -0.15) is 5.10 Å². The number of hydrogen-bond acceptors (Lipinski definition) is 5. The number of nitrogens with one attached hydrogen (secondary N) is 1. The van der Waals surface area contributed by atoms with Gasteiger partial charge >= 0.3 is 0 Å². The summed E-state index contributed by atoms with van der Waals surface area (Å²) in [6, 6.07) is 11.0. The molecule has 0 bridgehead atoms. The Balaban J connectivity index is 1.78. The fourth-order valence-corrected chi connectivity index (χ4v) is 3.22. The summed E-state index contributed by atoms with van der Waals surface area (Å²) in [5.41, 5.74) is 1.74. The van der Waals surface area contributed by atoms with Crippen molar-refractivity contribution in [3.05, 3.63) is 54.0 Å². The first kappa shape index (κ1) is 20.6. The van der Waals surface area contributed by atoms with E-state index in [1.165, 1.54) is 9.91 Å². The molecule has 3 rings (SSSR count). The summed E-state index contributed by atoms with van der Waals surface area (Å²) in [7, 11) is 6.85. The second-order valence-electron chi connectivity index (χ2n) is 7.35. The molecule has 2 heterocycles. The van der Waals surface area contributed by atoms with Gasteiger partial charge in [0.25, 0.3) is 11.8 Å². The Morgan fingerprint density at radius 3 is 2.55 bits per heavy atom. The van der Waals surface area contributed by atoms with Crippen molar-refractivity contribution in [3.63, 3.8) is 0 Å². The Morgan fingerprint density at radius 2 is 1.97 bits per heavy atom. The number of rotatable bonds is 7. The minimum Gasteiger partial charge on any atom is -0.497 e. The third-order valence-electron chi connectivity index (χ3n) is 4.87. The lowest BCUT2D eigenvalue weighted by atomic mass is 10.0. The number of quaternary nitrogens is 1. The fourth-order valence-electron chi connectivity index (χ4n) is 3.22.